The van der Waals surface area contributed by atoms with Crippen molar-refractivity contribution in [1.82, 2.24) is 0 Å². The summed E-state index contributed by atoms with van der Waals surface area (Å²) in [4.78, 5) is 0. The van der Waals surface area contributed by atoms with Crippen molar-refractivity contribution in [3.05, 3.63) is 59.4 Å². The molecule has 0 radical (unpaired) electrons. The summed E-state index contributed by atoms with van der Waals surface area (Å²) < 4.78 is 24.3. The Bertz CT molecular complexity index is 558. The SMILES string of the molecule is COc1ccc(CCl)c(OCc2ccccc2F)c1. The minimum absolute atomic E-state index is 0.156. The number of hydrogen-bond acceptors (Lipinski definition) is 2. The third-order valence-electron chi connectivity index (χ3n) is 2.76. The predicted octanol–water partition coefficient (Wildman–Crippen LogP) is 4.15. The van der Waals surface area contributed by atoms with Gasteiger partial charge in [-0.25, -0.2) is 4.39 Å². The van der Waals surface area contributed by atoms with Crippen LogP contribution in [-0.4, -0.2) is 7.11 Å². The van der Waals surface area contributed by atoms with Crippen LogP contribution >= 0.6 is 11.6 Å². The van der Waals surface area contributed by atoms with Crippen LogP contribution in [0.3, 0.4) is 0 Å². The summed E-state index contributed by atoms with van der Waals surface area (Å²) in [6, 6.07) is 11.9. The van der Waals surface area contributed by atoms with Crippen LogP contribution in [0.25, 0.3) is 0 Å². The van der Waals surface area contributed by atoms with Gasteiger partial charge in [-0.2, -0.15) is 0 Å². The second-order valence-corrected chi connectivity index (χ2v) is 4.25. The summed E-state index contributed by atoms with van der Waals surface area (Å²) in [6.07, 6.45) is 0. The Hall–Kier alpha value is -1.74. The summed E-state index contributed by atoms with van der Waals surface area (Å²) in [5.74, 6) is 1.34. The van der Waals surface area contributed by atoms with E-state index in [1.807, 2.05) is 12.1 Å². The van der Waals surface area contributed by atoms with Gasteiger partial charge in [-0.05, 0) is 12.1 Å². The molecule has 0 aliphatic rings. The van der Waals surface area contributed by atoms with Gasteiger partial charge in [0.1, 0.15) is 23.9 Å². The van der Waals surface area contributed by atoms with Gasteiger partial charge >= 0.3 is 0 Å². The van der Waals surface area contributed by atoms with Crippen LogP contribution in [0.4, 0.5) is 4.39 Å². The van der Waals surface area contributed by atoms with E-state index in [4.69, 9.17) is 21.1 Å². The van der Waals surface area contributed by atoms with Crippen molar-refractivity contribution in [3.8, 4) is 11.5 Å². The summed E-state index contributed by atoms with van der Waals surface area (Å²) in [5, 5.41) is 0. The fourth-order valence-electron chi connectivity index (χ4n) is 1.68. The van der Waals surface area contributed by atoms with E-state index in [0.717, 1.165) is 5.56 Å². The molecule has 0 amide bonds. The van der Waals surface area contributed by atoms with Gasteiger partial charge in [-0.1, -0.05) is 24.3 Å². The third-order valence-corrected chi connectivity index (χ3v) is 3.05. The van der Waals surface area contributed by atoms with Gasteiger partial charge in [0.2, 0.25) is 0 Å². The van der Waals surface area contributed by atoms with E-state index in [1.165, 1.54) is 6.07 Å². The van der Waals surface area contributed by atoms with E-state index in [-0.39, 0.29) is 12.4 Å². The van der Waals surface area contributed by atoms with Crippen molar-refractivity contribution < 1.29 is 13.9 Å². The van der Waals surface area contributed by atoms with Gasteiger partial charge in [0.25, 0.3) is 0 Å². The minimum Gasteiger partial charge on any atom is -0.497 e. The molecular formula is C15H14ClFO2. The van der Waals surface area contributed by atoms with E-state index in [9.17, 15) is 4.39 Å². The Kier molecular flexibility index (Phi) is 4.63. The van der Waals surface area contributed by atoms with Gasteiger partial charge in [0.15, 0.2) is 0 Å². The number of rotatable bonds is 5. The molecule has 0 bridgehead atoms. The van der Waals surface area contributed by atoms with Crippen LogP contribution in [0.1, 0.15) is 11.1 Å². The standard InChI is InChI=1S/C15H14ClFO2/c1-18-13-7-6-11(9-16)15(8-13)19-10-12-4-2-3-5-14(12)17/h2-8H,9-10H2,1H3. The second kappa shape index (κ2) is 6.43. The van der Waals surface area contributed by atoms with Gasteiger partial charge < -0.3 is 9.47 Å². The molecule has 0 unspecified atom stereocenters. The monoisotopic (exact) mass is 280 g/mol. The Morgan fingerprint density at radius 1 is 1.11 bits per heavy atom. The molecule has 2 aromatic carbocycles. The zero-order chi connectivity index (χ0) is 13.7. The van der Waals surface area contributed by atoms with Crippen molar-refractivity contribution in [2.75, 3.05) is 7.11 Å². The molecule has 4 heteroatoms. The lowest BCUT2D eigenvalue weighted by Crippen LogP contribution is -2.00. The highest BCUT2D eigenvalue weighted by Gasteiger charge is 2.07. The molecule has 19 heavy (non-hydrogen) atoms. The average Bonchev–Trinajstić information content (AvgIpc) is 2.46. The normalized spacial score (nSPS) is 10.3. The fraction of sp³-hybridized carbons (Fsp3) is 0.200. The van der Waals surface area contributed by atoms with Gasteiger partial charge in [-0.3, -0.25) is 0 Å². The highest BCUT2D eigenvalue weighted by atomic mass is 35.5. The van der Waals surface area contributed by atoms with Crippen molar-refractivity contribution in [2.45, 2.75) is 12.5 Å². The topological polar surface area (TPSA) is 18.5 Å². The van der Waals surface area contributed by atoms with E-state index < -0.39 is 0 Å². The number of hydrogen-bond donors (Lipinski definition) is 0. The first kappa shape index (κ1) is 13.7. The Morgan fingerprint density at radius 2 is 1.89 bits per heavy atom. The van der Waals surface area contributed by atoms with Crippen LogP contribution < -0.4 is 9.47 Å². The van der Waals surface area contributed by atoms with Crippen molar-refractivity contribution >= 4 is 11.6 Å². The quantitative estimate of drug-likeness (QED) is 0.766. The number of halogens is 2. The van der Waals surface area contributed by atoms with Gasteiger partial charge in [0.05, 0.1) is 13.0 Å². The van der Waals surface area contributed by atoms with Crippen LogP contribution in [0.5, 0.6) is 11.5 Å². The molecule has 2 aromatic rings. The Morgan fingerprint density at radius 3 is 2.58 bits per heavy atom. The molecular weight excluding hydrogens is 267 g/mol. The highest BCUT2D eigenvalue weighted by molar-refractivity contribution is 6.17. The molecule has 2 nitrogen and oxygen atoms in total. The van der Waals surface area contributed by atoms with Gasteiger partial charge in [-0.15, -0.1) is 11.6 Å². The summed E-state index contributed by atoms with van der Waals surface area (Å²) in [5.41, 5.74) is 1.35. The van der Waals surface area contributed by atoms with Crippen LogP contribution in [0.15, 0.2) is 42.5 Å². The molecule has 0 spiro atoms. The van der Waals surface area contributed by atoms with Crippen LogP contribution in [-0.2, 0) is 12.5 Å². The van der Waals surface area contributed by atoms with E-state index in [0.29, 0.717) is 22.9 Å². The molecule has 100 valence electrons. The second-order valence-electron chi connectivity index (χ2n) is 3.99. The molecule has 0 aromatic heterocycles. The molecule has 0 atom stereocenters. The van der Waals surface area contributed by atoms with E-state index in [1.54, 1.807) is 31.4 Å². The van der Waals surface area contributed by atoms with Crippen LogP contribution in [0, 0.1) is 5.82 Å². The smallest absolute Gasteiger partial charge is 0.129 e. The zero-order valence-corrected chi connectivity index (χ0v) is 11.3. The maximum absolute atomic E-state index is 13.5. The molecule has 2 rings (SSSR count). The first-order valence-electron chi connectivity index (χ1n) is 5.83. The Balaban J connectivity index is 2.16. The average molecular weight is 281 g/mol. The molecule has 0 aliphatic carbocycles. The summed E-state index contributed by atoms with van der Waals surface area (Å²) >= 11 is 5.85. The molecule has 0 heterocycles. The molecule has 0 fully saturated rings. The predicted molar refractivity (Wildman–Crippen MR) is 73.3 cm³/mol. The lowest BCUT2D eigenvalue weighted by Gasteiger charge is -2.12. The molecule has 0 N–H and O–H groups in total. The van der Waals surface area contributed by atoms with Crippen molar-refractivity contribution in [1.29, 1.82) is 0 Å². The van der Waals surface area contributed by atoms with Crippen molar-refractivity contribution in [2.24, 2.45) is 0 Å². The first-order valence-corrected chi connectivity index (χ1v) is 6.37. The summed E-state index contributed by atoms with van der Waals surface area (Å²) in [6.45, 7) is 0.156. The zero-order valence-electron chi connectivity index (χ0n) is 10.5. The largest absolute Gasteiger partial charge is 0.497 e. The number of methoxy groups -OCH3 is 1. The lowest BCUT2D eigenvalue weighted by molar-refractivity contribution is 0.295. The molecule has 0 saturated carbocycles. The first-order chi connectivity index (χ1) is 9.24. The van der Waals surface area contributed by atoms with Crippen molar-refractivity contribution in [3.63, 3.8) is 0 Å². The maximum Gasteiger partial charge on any atom is 0.129 e. The molecule has 0 saturated heterocycles. The number of alkyl halides is 1. The van der Waals surface area contributed by atoms with E-state index in [2.05, 4.69) is 0 Å². The number of benzene rings is 2. The third kappa shape index (κ3) is 3.38. The maximum atomic E-state index is 13.5. The Labute approximate surface area is 116 Å². The highest BCUT2D eigenvalue weighted by Crippen LogP contribution is 2.27. The van der Waals surface area contributed by atoms with Crippen LogP contribution in [0.2, 0.25) is 0 Å². The van der Waals surface area contributed by atoms with Gasteiger partial charge in [0, 0.05) is 17.2 Å². The lowest BCUT2D eigenvalue weighted by atomic mass is 10.2. The molecule has 0 aliphatic heterocycles. The fourth-order valence-corrected chi connectivity index (χ4v) is 1.90. The number of ether oxygens (including phenoxy) is 2. The minimum atomic E-state index is -0.280. The van der Waals surface area contributed by atoms with E-state index >= 15 is 0 Å². The summed E-state index contributed by atoms with van der Waals surface area (Å²) in [7, 11) is 1.58.